The molecule has 1 fully saturated rings. The number of rotatable bonds is 7. The highest BCUT2D eigenvalue weighted by molar-refractivity contribution is 5.79. The molecule has 2 rings (SSSR count). The molecule has 0 amide bonds. The molecule has 1 aliphatic heterocycles. The van der Waals surface area contributed by atoms with Gasteiger partial charge in [0.15, 0.2) is 5.96 Å². The van der Waals surface area contributed by atoms with Crippen LogP contribution in [0.4, 0.5) is 4.39 Å². The van der Waals surface area contributed by atoms with Gasteiger partial charge in [0.2, 0.25) is 0 Å². The number of guanidine groups is 1. The van der Waals surface area contributed by atoms with Crippen LogP contribution in [0.15, 0.2) is 29.3 Å². The summed E-state index contributed by atoms with van der Waals surface area (Å²) in [5.41, 5.74) is 0.940. The van der Waals surface area contributed by atoms with Gasteiger partial charge in [-0.3, -0.25) is 9.89 Å². The van der Waals surface area contributed by atoms with Gasteiger partial charge in [0.25, 0.3) is 0 Å². The smallest absolute Gasteiger partial charge is 0.191 e. The summed E-state index contributed by atoms with van der Waals surface area (Å²) >= 11 is 0. The number of likely N-dealkylation sites (tertiary alicyclic amines) is 1. The van der Waals surface area contributed by atoms with Gasteiger partial charge >= 0.3 is 0 Å². The van der Waals surface area contributed by atoms with Gasteiger partial charge in [0.1, 0.15) is 5.82 Å². The number of methoxy groups -OCH3 is 1. The summed E-state index contributed by atoms with van der Waals surface area (Å²) in [7, 11) is 3.42. The van der Waals surface area contributed by atoms with E-state index in [1.807, 2.05) is 0 Å². The van der Waals surface area contributed by atoms with Crippen molar-refractivity contribution in [2.75, 3.05) is 40.3 Å². The molecule has 1 aromatic rings. The van der Waals surface area contributed by atoms with Crippen LogP contribution in [0.5, 0.6) is 0 Å². The second kappa shape index (κ2) is 9.59. The van der Waals surface area contributed by atoms with Crippen LogP contribution in [0, 0.1) is 5.82 Å². The van der Waals surface area contributed by atoms with E-state index >= 15 is 0 Å². The van der Waals surface area contributed by atoms with Crippen LogP contribution in [-0.2, 0) is 4.74 Å². The van der Waals surface area contributed by atoms with E-state index in [4.69, 9.17) is 4.74 Å². The lowest BCUT2D eigenvalue weighted by Gasteiger charge is -2.24. The molecule has 1 aliphatic rings. The van der Waals surface area contributed by atoms with Crippen LogP contribution < -0.4 is 10.6 Å². The minimum Gasteiger partial charge on any atom is -0.375 e. The molecule has 1 heterocycles. The summed E-state index contributed by atoms with van der Waals surface area (Å²) in [6, 6.07) is 6.98. The van der Waals surface area contributed by atoms with Gasteiger partial charge in [-0.1, -0.05) is 19.1 Å². The van der Waals surface area contributed by atoms with E-state index in [-0.39, 0.29) is 11.9 Å². The van der Waals surface area contributed by atoms with E-state index in [9.17, 15) is 4.39 Å². The maximum Gasteiger partial charge on any atom is 0.191 e. The Balaban J connectivity index is 1.82. The third kappa shape index (κ3) is 5.18. The number of hydrogen-bond acceptors (Lipinski definition) is 3. The SMILES string of the molecule is CCN1CCCC1CNC(=NC)NCC(OC)c1ccc(F)cc1. The summed E-state index contributed by atoms with van der Waals surface area (Å²) in [6.07, 6.45) is 2.35. The molecular formula is C18H29FN4O. The lowest BCUT2D eigenvalue weighted by molar-refractivity contribution is 0.106. The fourth-order valence-electron chi connectivity index (χ4n) is 3.18. The Morgan fingerprint density at radius 3 is 2.75 bits per heavy atom. The minimum absolute atomic E-state index is 0.150. The summed E-state index contributed by atoms with van der Waals surface area (Å²) in [5.74, 6) is 0.526. The molecule has 0 aromatic heterocycles. The molecule has 134 valence electrons. The molecule has 0 radical (unpaired) electrons. The molecule has 0 bridgehead atoms. The van der Waals surface area contributed by atoms with E-state index in [1.165, 1.54) is 31.5 Å². The Hall–Kier alpha value is -1.66. The number of benzene rings is 1. The summed E-state index contributed by atoms with van der Waals surface area (Å²) < 4.78 is 18.5. The highest BCUT2D eigenvalue weighted by atomic mass is 19.1. The normalized spacial score (nSPS) is 20.2. The number of hydrogen-bond donors (Lipinski definition) is 2. The van der Waals surface area contributed by atoms with Crippen molar-refractivity contribution in [2.45, 2.75) is 31.9 Å². The molecule has 0 saturated carbocycles. The van der Waals surface area contributed by atoms with Crippen molar-refractivity contribution in [1.82, 2.24) is 15.5 Å². The second-order valence-corrected chi connectivity index (χ2v) is 6.03. The molecule has 0 spiro atoms. The second-order valence-electron chi connectivity index (χ2n) is 6.03. The predicted molar refractivity (Wildman–Crippen MR) is 95.8 cm³/mol. The van der Waals surface area contributed by atoms with Crippen LogP contribution >= 0.6 is 0 Å². The Kier molecular flexibility index (Phi) is 7.46. The lowest BCUT2D eigenvalue weighted by Crippen LogP contribution is -2.45. The molecule has 24 heavy (non-hydrogen) atoms. The number of nitrogens with one attached hydrogen (secondary N) is 2. The largest absolute Gasteiger partial charge is 0.375 e. The van der Waals surface area contributed by atoms with Gasteiger partial charge in [-0.2, -0.15) is 0 Å². The third-order valence-electron chi connectivity index (χ3n) is 4.62. The van der Waals surface area contributed by atoms with Crippen molar-refractivity contribution in [3.8, 4) is 0 Å². The summed E-state index contributed by atoms with van der Waals surface area (Å²) in [4.78, 5) is 6.77. The van der Waals surface area contributed by atoms with E-state index < -0.39 is 0 Å². The van der Waals surface area contributed by atoms with E-state index in [0.29, 0.717) is 12.6 Å². The zero-order chi connectivity index (χ0) is 17.4. The highest BCUT2D eigenvalue weighted by Gasteiger charge is 2.22. The van der Waals surface area contributed by atoms with E-state index in [2.05, 4.69) is 27.4 Å². The highest BCUT2D eigenvalue weighted by Crippen LogP contribution is 2.17. The molecule has 1 saturated heterocycles. The van der Waals surface area contributed by atoms with Gasteiger partial charge in [-0.25, -0.2) is 4.39 Å². The Morgan fingerprint density at radius 2 is 2.12 bits per heavy atom. The lowest BCUT2D eigenvalue weighted by atomic mass is 10.1. The fraction of sp³-hybridized carbons (Fsp3) is 0.611. The van der Waals surface area contributed by atoms with Crippen LogP contribution in [0.1, 0.15) is 31.4 Å². The van der Waals surface area contributed by atoms with Gasteiger partial charge < -0.3 is 15.4 Å². The van der Waals surface area contributed by atoms with Gasteiger partial charge in [-0.15, -0.1) is 0 Å². The van der Waals surface area contributed by atoms with Crippen molar-refractivity contribution < 1.29 is 9.13 Å². The predicted octanol–water partition coefficient (Wildman–Crippen LogP) is 2.16. The maximum atomic E-state index is 13.0. The number of ether oxygens (including phenoxy) is 1. The van der Waals surface area contributed by atoms with Crippen molar-refractivity contribution in [2.24, 2.45) is 4.99 Å². The Morgan fingerprint density at radius 1 is 1.38 bits per heavy atom. The Labute approximate surface area is 144 Å². The number of halogens is 1. The third-order valence-corrected chi connectivity index (χ3v) is 4.62. The van der Waals surface area contributed by atoms with Crippen LogP contribution in [-0.4, -0.2) is 57.2 Å². The quantitative estimate of drug-likeness (QED) is 0.592. The van der Waals surface area contributed by atoms with Crippen LogP contribution in [0.3, 0.4) is 0 Å². The minimum atomic E-state index is -0.240. The summed E-state index contributed by atoms with van der Waals surface area (Å²) in [6.45, 7) is 5.95. The topological polar surface area (TPSA) is 48.9 Å². The fourth-order valence-corrected chi connectivity index (χ4v) is 3.18. The number of nitrogens with zero attached hydrogens (tertiary/aromatic N) is 2. The first-order valence-corrected chi connectivity index (χ1v) is 8.64. The van der Waals surface area contributed by atoms with Gasteiger partial charge in [0, 0.05) is 33.3 Å². The average Bonchev–Trinajstić information content (AvgIpc) is 3.07. The zero-order valence-corrected chi connectivity index (χ0v) is 14.9. The van der Waals surface area contributed by atoms with E-state index in [0.717, 1.165) is 24.6 Å². The number of likely N-dealkylation sites (N-methyl/N-ethyl adjacent to an activating group) is 1. The van der Waals surface area contributed by atoms with Gasteiger partial charge in [0.05, 0.1) is 6.10 Å². The molecule has 5 nitrogen and oxygen atoms in total. The first kappa shape index (κ1) is 18.7. The number of aliphatic imine (C=N–C) groups is 1. The molecule has 0 aliphatic carbocycles. The van der Waals surface area contributed by atoms with Crippen molar-refractivity contribution in [3.63, 3.8) is 0 Å². The molecule has 2 unspecified atom stereocenters. The van der Waals surface area contributed by atoms with Crippen molar-refractivity contribution in [3.05, 3.63) is 35.6 Å². The standard InChI is InChI=1S/C18H29FN4O/c1-4-23-11-5-6-16(23)12-21-18(20-2)22-13-17(24-3)14-7-9-15(19)10-8-14/h7-10,16-17H,4-6,11-13H2,1-3H3,(H2,20,21,22). The first-order valence-electron chi connectivity index (χ1n) is 8.64. The maximum absolute atomic E-state index is 13.0. The molecular weight excluding hydrogens is 307 g/mol. The summed E-state index contributed by atoms with van der Waals surface area (Å²) in [5, 5.41) is 6.69. The van der Waals surface area contributed by atoms with E-state index in [1.54, 1.807) is 26.3 Å². The van der Waals surface area contributed by atoms with Crippen LogP contribution in [0.2, 0.25) is 0 Å². The molecule has 2 atom stereocenters. The van der Waals surface area contributed by atoms with Crippen molar-refractivity contribution >= 4 is 5.96 Å². The molecule has 2 N–H and O–H groups in total. The zero-order valence-electron chi connectivity index (χ0n) is 14.9. The monoisotopic (exact) mass is 336 g/mol. The average molecular weight is 336 g/mol. The van der Waals surface area contributed by atoms with Crippen LogP contribution in [0.25, 0.3) is 0 Å². The van der Waals surface area contributed by atoms with Gasteiger partial charge in [-0.05, 0) is 43.6 Å². The Bertz CT molecular complexity index is 520. The first-order chi connectivity index (χ1) is 11.7. The van der Waals surface area contributed by atoms with Crippen molar-refractivity contribution in [1.29, 1.82) is 0 Å². The molecule has 6 heteroatoms. The molecule has 1 aromatic carbocycles.